The van der Waals surface area contributed by atoms with E-state index in [1.807, 2.05) is 30.3 Å². The molecular weight excluding hydrogens is 272 g/mol. The van der Waals surface area contributed by atoms with E-state index in [-0.39, 0.29) is 19.7 Å². The van der Waals surface area contributed by atoms with Gasteiger partial charge in [-0.3, -0.25) is 4.90 Å². The molecule has 1 amide bonds. The van der Waals surface area contributed by atoms with Crippen LogP contribution in [-0.4, -0.2) is 43.2 Å². The van der Waals surface area contributed by atoms with Crippen LogP contribution in [0.3, 0.4) is 0 Å². The molecule has 1 atom stereocenters. The zero-order valence-corrected chi connectivity index (χ0v) is 12.5. The zero-order valence-electron chi connectivity index (χ0n) is 12.5. The molecule has 0 aliphatic rings. The maximum absolute atomic E-state index is 12.2. The fourth-order valence-electron chi connectivity index (χ4n) is 1.97. The fraction of sp³-hybridized carbons (Fsp3) is 0.467. The van der Waals surface area contributed by atoms with Gasteiger partial charge in [-0.25, -0.2) is 9.59 Å². The maximum Gasteiger partial charge on any atom is 0.410 e. The largest absolute Gasteiger partial charge is 0.467 e. The van der Waals surface area contributed by atoms with Crippen molar-refractivity contribution in [2.24, 2.45) is 5.73 Å². The summed E-state index contributed by atoms with van der Waals surface area (Å²) in [6.45, 7) is 2.43. The second-order valence-electron chi connectivity index (χ2n) is 4.47. The summed E-state index contributed by atoms with van der Waals surface area (Å²) in [4.78, 5) is 25.2. The maximum atomic E-state index is 12.2. The van der Waals surface area contributed by atoms with Gasteiger partial charge in [0.05, 0.1) is 7.11 Å². The van der Waals surface area contributed by atoms with Crippen LogP contribution in [0, 0.1) is 0 Å². The first kappa shape index (κ1) is 17.0. The molecule has 6 heteroatoms. The molecule has 116 valence electrons. The predicted octanol–water partition coefficient (Wildman–Crippen LogP) is 1.54. The Kier molecular flexibility index (Phi) is 7.25. The van der Waals surface area contributed by atoms with E-state index < -0.39 is 18.1 Å². The minimum atomic E-state index is -0.679. The average molecular weight is 294 g/mol. The normalized spacial score (nSPS) is 11.6. The summed E-state index contributed by atoms with van der Waals surface area (Å²) >= 11 is 0. The second-order valence-corrected chi connectivity index (χ2v) is 4.47. The molecule has 0 heterocycles. The number of esters is 1. The summed E-state index contributed by atoms with van der Waals surface area (Å²) in [6.07, 6.45) is -0.130. The summed E-state index contributed by atoms with van der Waals surface area (Å²) in [6, 6.07) is 8.66. The van der Waals surface area contributed by atoms with E-state index in [1.54, 1.807) is 6.92 Å². The lowest BCUT2D eigenvalue weighted by atomic mass is 10.2. The quantitative estimate of drug-likeness (QED) is 0.771. The second kappa shape index (κ2) is 8.97. The van der Waals surface area contributed by atoms with Gasteiger partial charge in [0.2, 0.25) is 0 Å². The molecule has 1 aromatic rings. The molecule has 0 spiro atoms. The highest BCUT2D eigenvalue weighted by molar-refractivity contribution is 5.81. The molecule has 2 N–H and O–H groups in total. The summed E-state index contributed by atoms with van der Waals surface area (Å²) < 4.78 is 9.96. The highest BCUT2D eigenvalue weighted by Gasteiger charge is 2.29. The van der Waals surface area contributed by atoms with Gasteiger partial charge in [0.1, 0.15) is 12.6 Å². The van der Waals surface area contributed by atoms with Crippen molar-refractivity contribution in [3.05, 3.63) is 35.9 Å². The van der Waals surface area contributed by atoms with Gasteiger partial charge in [0.15, 0.2) is 0 Å². The first-order valence-corrected chi connectivity index (χ1v) is 6.89. The van der Waals surface area contributed by atoms with Gasteiger partial charge in [-0.15, -0.1) is 0 Å². The van der Waals surface area contributed by atoms with E-state index in [4.69, 9.17) is 15.2 Å². The number of carbonyl (C=O) groups excluding carboxylic acids is 2. The lowest BCUT2D eigenvalue weighted by molar-refractivity contribution is -0.146. The number of benzene rings is 1. The van der Waals surface area contributed by atoms with Crippen LogP contribution in [0.5, 0.6) is 0 Å². The zero-order chi connectivity index (χ0) is 15.7. The lowest BCUT2D eigenvalue weighted by Gasteiger charge is -2.28. The van der Waals surface area contributed by atoms with Crippen molar-refractivity contribution in [1.29, 1.82) is 0 Å². The molecule has 0 aromatic heterocycles. The Morgan fingerprint density at radius 3 is 2.48 bits per heavy atom. The molecule has 0 aliphatic heterocycles. The van der Waals surface area contributed by atoms with E-state index in [1.165, 1.54) is 12.0 Å². The molecular formula is C15H22N2O4. The van der Waals surface area contributed by atoms with Crippen molar-refractivity contribution in [3.8, 4) is 0 Å². The molecule has 0 unspecified atom stereocenters. The van der Waals surface area contributed by atoms with Crippen molar-refractivity contribution in [2.45, 2.75) is 26.0 Å². The van der Waals surface area contributed by atoms with Gasteiger partial charge in [0.25, 0.3) is 0 Å². The summed E-state index contributed by atoms with van der Waals surface area (Å²) in [5, 5.41) is 0. The van der Waals surface area contributed by atoms with Gasteiger partial charge >= 0.3 is 12.1 Å². The van der Waals surface area contributed by atoms with Crippen LogP contribution in [0.25, 0.3) is 0 Å². The van der Waals surface area contributed by atoms with Crippen LogP contribution < -0.4 is 5.73 Å². The highest BCUT2D eigenvalue weighted by atomic mass is 16.6. The Labute approximate surface area is 124 Å². The minimum absolute atomic E-state index is 0.151. The number of nitrogens with zero attached hydrogens (tertiary/aromatic N) is 1. The van der Waals surface area contributed by atoms with Gasteiger partial charge in [-0.2, -0.15) is 0 Å². The Hall–Kier alpha value is -2.08. The van der Waals surface area contributed by atoms with Gasteiger partial charge in [0, 0.05) is 13.1 Å². The van der Waals surface area contributed by atoms with Crippen molar-refractivity contribution in [2.75, 3.05) is 20.2 Å². The van der Waals surface area contributed by atoms with Crippen LogP contribution in [-0.2, 0) is 20.9 Å². The molecule has 6 nitrogen and oxygen atoms in total. The number of amides is 1. The Balaban J connectivity index is 2.70. The van der Waals surface area contributed by atoms with Crippen molar-refractivity contribution in [3.63, 3.8) is 0 Å². The van der Waals surface area contributed by atoms with E-state index in [9.17, 15) is 9.59 Å². The SMILES string of the molecule is CC[C@H](C(=O)OC)N(CCN)C(=O)OCc1ccccc1. The van der Waals surface area contributed by atoms with E-state index in [2.05, 4.69) is 0 Å². The summed E-state index contributed by atoms with van der Waals surface area (Å²) in [5.74, 6) is -0.470. The van der Waals surface area contributed by atoms with Gasteiger partial charge in [-0.05, 0) is 12.0 Å². The third-order valence-corrected chi connectivity index (χ3v) is 3.05. The minimum Gasteiger partial charge on any atom is -0.467 e. The smallest absolute Gasteiger partial charge is 0.410 e. The van der Waals surface area contributed by atoms with Crippen molar-refractivity contribution >= 4 is 12.1 Å². The standard InChI is InChI=1S/C15H22N2O4/c1-3-13(14(18)20-2)17(10-9-16)15(19)21-11-12-7-5-4-6-8-12/h4-8,13H,3,9-11,16H2,1-2H3/t13-/m1/s1. The number of nitrogens with two attached hydrogens (primary N) is 1. The number of hydrogen-bond donors (Lipinski definition) is 1. The Bertz CT molecular complexity index is 450. The molecule has 0 radical (unpaired) electrons. The van der Waals surface area contributed by atoms with Crippen LogP contribution in [0.15, 0.2) is 30.3 Å². The topological polar surface area (TPSA) is 81.9 Å². The number of ether oxygens (including phenoxy) is 2. The summed E-state index contributed by atoms with van der Waals surface area (Å²) in [7, 11) is 1.29. The van der Waals surface area contributed by atoms with Crippen LogP contribution in [0.1, 0.15) is 18.9 Å². The molecule has 0 saturated carbocycles. The average Bonchev–Trinajstić information content (AvgIpc) is 2.53. The van der Waals surface area contributed by atoms with Gasteiger partial charge in [-0.1, -0.05) is 37.3 Å². The van der Waals surface area contributed by atoms with Crippen LogP contribution in [0.4, 0.5) is 4.79 Å². The first-order valence-electron chi connectivity index (χ1n) is 6.89. The van der Waals surface area contributed by atoms with E-state index in [0.717, 1.165) is 5.56 Å². The fourth-order valence-corrected chi connectivity index (χ4v) is 1.97. The lowest BCUT2D eigenvalue weighted by Crippen LogP contribution is -2.47. The predicted molar refractivity (Wildman–Crippen MR) is 78.5 cm³/mol. The molecule has 1 rings (SSSR count). The number of hydrogen-bond acceptors (Lipinski definition) is 5. The van der Waals surface area contributed by atoms with E-state index in [0.29, 0.717) is 6.42 Å². The molecule has 0 bridgehead atoms. The molecule has 1 aromatic carbocycles. The Morgan fingerprint density at radius 1 is 1.29 bits per heavy atom. The monoisotopic (exact) mass is 294 g/mol. The van der Waals surface area contributed by atoms with Crippen LogP contribution >= 0.6 is 0 Å². The van der Waals surface area contributed by atoms with Crippen molar-refractivity contribution < 1.29 is 19.1 Å². The molecule has 0 saturated heterocycles. The van der Waals surface area contributed by atoms with Gasteiger partial charge < -0.3 is 15.2 Å². The number of carbonyl (C=O) groups is 2. The highest BCUT2D eigenvalue weighted by Crippen LogP contribution is 2.10. The number of methoxy groups -OCH3 is 1. The molecule has 21 heavy (non-hydrogen) atoms. The number of rotatable bonds is 7. The van der Waals surface area contributed by atoms with E-state index >= 15 is 0 Å². The molecule has 0 fully saturated rings. The van der Waals surface area contributed by atoms with Crippen molar-refractivity contribution in [1.82, 2.24) is 4.90 Å². The third kappa shape index (κ3) is 5.07. The Morgan fingerprint density at radius 2 is 1.95 bits per heavy atom. The first-order chi connectivity index (χ1) is 10.1. The summed E-state index contributed by atoms with van der Waals surface area (Å²) in [5.41, 5.74) is 6.39. The van der Waals surface area contributed by atoms with Crippen LogP contribution in [0.2, 0.25) is 0 Å². The third-order valence-electron chi connectivity index (χ3n) is 3.05. The molecule has 0 aliphatic carbocycles.